The van der Waals surface area contributed by atoms with Gasteiger partial charge >= 0.3 is 5.43 Å². The van der Waals surface area contributed by atoms with Crippen molar-refractivity contribution in [1.29, 1.82) is 0 Å². The Kier molecular flexibility index (Phi) is 4.84. The van der Waals surface area contributed by atoms with Crippen molar-refractivity contribution >= 4 is 35.9 Å². The topological polar surface area (TPSA) is 26.3 Å². The quantitative estimate of drug-likeness (QED) is 0.573. The summed E-state index contributed by atoms with van der Waals surface area (Å²) in [6.45, 7) is 5.05. The molecule has 0 aromatic heterocycles. The van der Waals surface area contributed by atoms with Gasteiger partial charge in [-0.15, -0.1) is 0 Å². The van der Waals surface area contributed by atoms with Crippen molar-refractivity contribution in [1.82, 2.24) is 0 Å². The minimum Gasteiger partial charge on any atom is -0.454 e. The van der Waals surface area contributed by atoms with Gasteiger partial charge in [-0.25, -0.2) is 4.79 Å². The highest BCUT2D eigenvalue weighted by molar-refractivity contribution is 6.76. The summed E-state index contributed by atoms with van der Waals surface area (Å²) in [6, 6.07) is 17.0. The van der Waals surface area contributed by atoms with Crippen molar-refractivity contribution in [3.63, 3.8) is 0 Å². The van der Waals surface area contributed by atoms with Crippen molar-refractivity contribution in [3.8, 4) is 0 Å². The zero-order valence-electron chi connectivity index (χ0n) is 11.9. The van der Waals surface area contributed by atoms with Gasteiger partial charge in [-0.05, 0) is 22.9 Å². The summed E-state index contributed by atoms with van der Waals surface area (Å²) in [5.74, 6) is 0. The molecule has 0 aliphatic rings. The van der Waals surface area contributed by atoms with Gasteiger partial charge in [0.25, 0.3) is 0 Å². The Labute approximate surface area is 125 Å². The Morgan fingerprint density at radius 1 is 1.15 bits per heavy atom. The summed E-state index contributed by atoms with van der Waals surface area (Å²) >= 11 is 5.19. The van der Waals surface area contributed by atoms with Crippen molar-refractivity contribution < 1.29 is 9.53 Å². The summed E-state index contributed by atoms with van der Waals surface area (Å²) in [4.78, 5) is 10.6. The summed E-state index contributed by atoms with van der Waals surface area (Å²) in [5.41, 5.74) is 0.651. The van der Waals surface area contributed by atoms with E-state index in [9.17, 15) is 4.79 Å². The van der Waals surface area contributed by atoms with Crippen molar-refractivity contribution in [2.24, 2.45) is 0 Å². The van der Waals surface area contributed by atoms with E-state index in [0.29, 0.717) is 6.61 Å². The molecule has 0 bridgehead atoms. The lowest BCUT2D eigenvalue weighted by Crippen LogP contribution is -2.30. The minimum atomic E-state index is -1.43. The number of halogens is 1. The lowest BCUT2D eigenvalue weighted by molar-refractivity contribution is 0.179. The van der Waals surface area contributed by atoms with Gasteiger partial charge in [0.1, 0.15) is 0 Å². The van der Waals surface area contributed by atoms with Crippen molar-refractivity contribution in [2.45, 2.75) is 25.2 Å². The molecule has 4 heteroatoms. The molecule has 0 N–H and O–H groups in total. The Balaban J connectivity index is 2.04. The van der Waals surface area contributed by atoms with E-state index in [1.807, 2.05) is 0 Å². The Bertz CT molecular complexity index is 610. The second kappa shape index (κ2) is 6.42. The van der Waals surface area contributed by atoms with Gasteiger partial charge in [0.2, 0.25) is 0 Å². The first-order valence-electron chi connectivity index (χ1n) is 6.76. The Morgan fingerprint density at radius 2 is 1.85 bits per heavy atom. The molecule has 0 saturated carbocycles. The zero-order valence-corrected chi connectivity index (χ0v) is 13.6. The van der Waals surface area contributed by atoms with Gasteiger partial charge in [-0.3, -0.25) is 0 Å². The second-order valence-electron chi connectivity index (χ2n) is 5.86. The van der Waals surface area contributed by atoms with E-state index in [1.165, 1.54) is 16.3 Å². The van der Waals surface area contributed by atoms with E-state index in [2.05, 4.69) is 55.6 Å². The van der Waals surface area contributed by atoms with E-state index >= 15 is 0 Å². The summed E-state index contributed by atoms with van der Waals surface area (Å²) in [5, 5.41) is 2.55. The summed E-state index contributed by atoms with van der Waals surface area (Å²) in [6.07, 6.45) is 0. The fourth-order valence-electron chi connectivity index (χ4n) is 2.40. The van der Waals surface area contributed by atoms with Gasteiger partial charge in [-0.1, -0.05) is 61.1 Å². The number of fused-ring (bicyclic) bond motifs is 1. The smallest absolute Gasteiger partial charge is 0.403 e. The highest BCUT2D eigenvalue weighted by atomic mass is 35.5. The third-order valence-electron chi connectivity index (χ3n) is 3.49. The van der Waals surface area contributed by atoms with Crippen LogP contribution in [0.3, 0.4) is 0 Å². The van der Waals surface area contributed by atoms with Gasteiger partial charge in [0.05, 0.1) is 14.7 Å². The first-order chi connectivity index (χ1) is 9.46. The van der Waals surface area contributed by atoms with Gasteiger partial charge < -0.3 is 4.74 Å². The van der Waals surface area contributed by atoms with Crippen LogP contribution in [-0.2, 0) is 10.8 Å². The molecule has 2 rings (SSSR count). The Morgan fingerprint density at radius 3 is 2.55 bits per heavy atom. The molecule has 0 amide bonds. The average molecular weight is 307 g/mol. The molecule has 0 fully saturated rings. The molecule has 0 aliphatic heterocycles. The fraction of sp³-hybridized carbons (Fsp3) is 0.312. The third-order valence-corrected chi connectivity index (χ3v) is 6.52. The van der Waals surface area contributed by atoms with E-state index in [1.54, 1.807) is 0 Å². The van der Waals surface area contributed by atoms with Crippen LogP contribution in [0.1, 0.15) is 5.56 Å². The maximum Gasteiger partial charge on any atom is 0.403 e. The van der Waals surface area contributed by atoms with Crippen LogP contribution in [0.2, 0.25) is 19.1 Å². The van der Waals surface area contributed by atoms with Gasteiger partial charge in [-0.2, -0.15) is 0 Å². The monoisotopic (exact) mass is 306 g/mol. The largest absolute Gasteiger partial charge is 0.454 e. The van der Waals surface area contributed by atoms with Crippen LogP contribution in [0.5, 0.6) is 0 Å². The SMILES string of the molecule is C[Si](C)(CCOC(=O)Cl)Cc1ccc2ccccc2c1. The standard InChI is InChI=1S/C16H19ClO2Si/c1-20(2,10-9-19-16(17)18)12-13-7-8-14-5-3-4-6-15(14)11-13/h3-8,11H,9-10,12H2,1-2H3. The molecular weight excluding hydrogens is 288 g/mol. The predicted octanol–water partition coefficient (Wildman–Crippen LogP) is 5.01. The van der Waals surface area contributed by atoms with Crippen LogP contribution in [0.15, 0.2) is 42.5 Å². The van der Waals surface area contributed by atoms with Crippen molar-refractivity contribution in [3.05, 3.63) is 48.0 Å². The molecule has 20 heavy (non-hydrogen) atoms. The maximum atomic E-state index is 10.6. The van der Waals surface area contributed by atoms with Gasteiger partial charge in [0, 0.05) is 11.6 Å². The highest BCUT2D eigenvalue weighted by Crippen LogP contribution is 2.21. The van der Waals surface area contributed by atoms with Crippen LogP contribution in [0.25, 0.3) is 10.8 Å². The van der Waals surface area contributed by atoms with Crippen LogP contribution < -0.4 is 0 Å². The Hall–Kier alpha value is -1.32. The molecule has 0 heterocycles. The summed E-state index contributed by atoms with van der Waals surface area (Å²) < 4.78 is 4.85. The zero-order chi connectivity index (χ0) is 14.6. The molecule has 0 unspecified atom stereocenters. The van der Waals surface area contributed by atoms with E-state index in [4.69, 9.17) is 16.3 Å². The normalized spacial score (nSPS) is 11.6. The maximum absolute atomic E-state index is 10.6. The highest BCUT2D eigenvalue weighted by Gasteiger charge is 2.21. The molecule has 106 valence electrons. The van der Waals surface area contributed by atoms with Crippen LogP contribution in [0, 0.1) is 0 Å². The number of benzene rings is 2. The number of carbonyl (C=O) groups is 1. The third kappa shape index (κ3) is 4.36. The van der Waals surface area contributed by atoms with Crippen molar-refractivity contribution in [2.75, 3.05) is 6.61 Å². The lowest BCUT2D eigenvalue weighted by atomic mass is 10.1. The number of hydrogen-bond donors (Lipinski definition) is 0. The number of hydrogen-bond acceptors (Lipinski definition) is 2. The molecule has 0 aliphatic carbocycles. The first kappa shape index (κ1) is 15.1. The fourth-order valence-corrected chi connectivity index (χ4v) is 4.63. The number of carbonyl (C=O) groups excluding carboxylic acids is 1. The molecule has 0 radical (unpaired) electrons. The molecule has 0 saturated heterocycles. The molecule has 2 aromatic carbocycles. The molecule has 0 spiro atoms. The van der Waals surface area contributed by atoms with E-state index < -0.39 is 13.5 Å². The van der Waals surface area contributed by atoms with E-state index in [0.717, 1.165) is 12.1 Å². The second-order valence-corrected chi connectivity index (χ2v) is 11.3. The average Bonchev–Trinajstić information content (AvgIpc) is 2.37. The summed E-state index contributed by atoms with van der Waals surface area (Å²) in [7, 11) is -1.43. The predicted molar refractivity (Wildman–Crippen MR) is 87.1 cm³/mol. The molecule has 0 atom stereocenters. The van der Waals surface area contributed by atoms with E-state index in [-0.39, 0.29) is 0 Å². The molecule has 2 nitrogen and oxygen atoms in total. The van der Waals surface area contributed by atoms with Crippen LogP contribution in [0.4, 0.5) is 4.79 Å². The van der Waals surface area contributed by atoms with Crippen LogP contribution in [-0.4, -0.2) is 20.1 Å². The van der Waals surface area contributed by atoms with Gasteiger partial charge in [0.15, 0.2) is 0 Å². The number of rotatable bonds is 5. The number of ether oxygens (including phenoxy) is 1. The lowest BCUT2D eigenvalue weighted by Gasteiger charge is -2.22. The molecular formula is C16H19ClO2Si. The first-order valence-corrected chi connectivity index (χ1v) is 10.6. The molecule has 2 aromatic rings. The minimum absolute atomic E-state index is 0.426. The van der Waals surface area contributed by atoms with Crippen LogP contribution >= 0.6 is 11.6 Å².